The predicted octanol–water partition coefficient (Wildman–Crippen LogP) is 4.98. The molecule has 28 heavy (non-hydrogen) atoms. The minimum atomic E-state index is -0.331. The summed E-state index contributed by atoms with van der Waals surface area (Å²) in [6.07, 6.45) is 4.37. The minimum Gasteiger partial charge on any atom is -0.508 e. The summed E-state index contributed by atoms with van der Waals surface area (Å²) in [4.78, 5) is 2.55. The van der Waals surface area contributed by atoms with Crippen LogP contribution in [0.4, 0.5) is 4.39 Å². The highest BCUT2D eigenvalue weighted by atomic mass is 19.1. The van der Waals surface area contributed by atoms with E-state index in [0.29, 0.717) is 5.75 Å². The average Bonchev–Trinajstić information content (AvgIpc) is 3.25. The summed E-state index contributed by atoms with van der Waals surface area (Å²) in [6, 6.07) is 12.4. The molecule has 2 fully saturated rings. The quantitative estimate of drug-likeness (QED) is 0.774. The molecule has 0 spiro atoms. The van der Waals surface area contributed by atoms with E-state index in [1.165, 1.54) is 56.6 Å². The van der Waals surface area contributed by atoms with E-state index in [0.717, 1.165) is 23.9 Å². The molecular formula is C23H32FNO3. The number of halogens is 1. The summed E-state index contributed by atoms with van der Waals surface area (Å²) >= 11 is 0. The molecule has 2 aromatic rings. The van der Waals surface area contributed by atoms with Gasteiger partial charge < -0.3 is 14.9 Å². The highest BCUT2D eigenvalue weighted by molar-refractivity contribution is 5.27. The Morgan fingerprint density at radius 2 is 1.46 bits per heavy atom. The van der Waals surface area contributed by atoms with E-state index >= 15 is 0 Å². The lowest BCUT2D eigenvalue weighted by molar-refractivity contribution is 0.0686. The number of hydrogen-bond acceptors (Lipinski definition) is 4. The van der Waals surface area contributed by atoms with Crippen molar-refractivity contribution in [2.45, 2.75) is 32.8 Å². The van der Waals surface area contributed by atoms with Crippen LogP contribution in [0.1, 0.15) is 38.4 Å². The second-order valence-corrected chi connectivity index (χ2v) is 7.46. The minimum absolute atomic E-state index is 0. The molecule has 1 aliphatic carbocycles. The Labute approximate surface area is 167 Å². The molecule has 2 aromatic carbocycles. The molecule has 0 amide bonds. The van der Waals surface area contributed by atoms with Crippen LogP contribution in [0.25, 0.3) is 0 Å². The number of rotatable bonds is 4. The summed E-state index contributed by atoms with van der Waals surface area (Å²) in [5, 5.41) is 17.9. The smallest absolute Gasteiger partial charge is 0.123 e. The van der Waals surface area contributed by atoms with Gasteiger partial charge >= 0.3 is 0 Å². The maximum absolute atomic E-state index is 12.0. The molecule has 1 aliphatic heterocycles. The van der Waals surface area contributed by atoms with Crippen LogP contribution < -0.4 is 0 Å². The zero-order chi connectivity index (χ0) is 19.2. The van der Waals surface area contributed by atoms with Crippen molar-refractivity contribution < 1.29 is 19.3 Å². The van der Waals surface area contributed by atoms with E-state index in [9.17, 15) is 9.50 Å². The van der Waals surface area contributed by atoms with Crippen LogP contribution in [0.2, 0.25) is 0 Å². The average molecular weight is 390 g/mol. The SMILES string of the molecule is C.COC(CN1CC2CCC[C@H]2C1)c1ccc(O)cc1.Oc1ccc(F)cc1. The first-order valence-electron chi connectivity index (χ1n) is 9.53. The zero-order valence-corrected chi connectivity index (χ0v) is 15.7. The largest absolute Gasteiger partial charge is 0.508 e. The lowest BCUT2D eigenvalue weighted by atomic mass is 10.0. The summed E-state index contributed by atoms with van der Waals surface area (Å²) < 4.78 is 17.6. The van der Waals surface area contributed by atoms with Gasteiger partial charge in [-0.15, -0.1) is 0 Å². The van der Waals surface area contributed by atoms with Gasteiger partial charge in [0.25, 0.3) is 0 Å². The van der Waals surface area contributed by atoms with Gasteiger partial charge in [0, 0.05) is 26.7 Å². The topological polar surface area (TPSA) is 52.9 Å². The molecule has 2 unspecified atom stereocenters. The van der Waals surface area contributed by atoms with E-state index in [-0.39, 0.29) is 25.1 Å². The van der Waals surface area contributed by atoms with Gasteiger partial charge in [0.1, 0.15) is 17.3 Å². The second-order valence-electron chi connectivity index (χ2n) is 7.46. The first-order chi connectivity index (χ1) is 13.0. The molecule has 1 saturated heterocycles. The summed E-state index contributed by atoms with van der Waals surface area (Å²) in [5.74, 6) is 1.93. The van der Waals surface area contributed by atoms with Crippen molar-refractivity contribution in [3.63, 3.8) is 0 Å². The molecule has 5 heteroatoms. The Hall–Kier alpha value is -2.11. The van der Waals surface area contributed by atoms with Crippen LogP contribution in [0.15, 0.2) is 48.5 Å². The normalized spacial score (nSPS) is 21.9. The molecule has 0 bridgehead atoms. The van der Waals surface area contributed by atoms with E-state index in [2.05, 4.69) is 4.90 Å². The van der Waals surface area contributed by atoms with Gasteiger partial charge in [0.15, 0.2) is 0 Å². The Morgan fingerprint density at radius 1 is 0.964 bits per heavy atom. The van der Waals surface area contributed by atoms with Crippen molar-refractivity contribution in [2.75, 3.05) is 26.7 Å². The molecule has 3 atom stereocenters. The molecule has 1 saturated carbocycles. The van der Waals surface area contributed by atoms with Crippen LogP contribution in [0.3, 0.4) is 0 Å². The standard InChI is InChI=1S/C16H23NO2.C6H5FO.CH4/c1-19-16(12-5-7-15(18)8-6-12)11-17-9-13-3-2-4-14(13)10-17;7-5-1-3-6(8)4-2-5;/h5-8,13-14,16,18H,2-4,9-11H2,1H3;1-4,8H;1H4/t13-,14?,16?;;/m0../s1. The lowest BCUT2D eigenvalue weighted by Crippen LogP contribution is -2.28. The molecule has 154 valence electrons. The maximum atomic E-state index is 12.0. The van der Waals surface area contributed by atoms with Crippen LogP contribution in [0.5, 0.6) is 11.5 Å². The van der Waals surface area contributed by atoms with Gasteiger partial charge in [-0.25, -0.2) is 4.39 Å². The van der Waals surface area contributed by atoms with Crippen LogP contribution in [-0.2, 0) is 4.74 Å². The third-order valence-electron chi connectivity index (χ3n) is 5.60. The summed E-state index contributed by atoms with van der Waals surface area (Å²) in [6.45, 7) is 3.44. The van der Waals surface area contributed by atoms with Crippen molar-refractivity contribution >= 4 is 0 Å². The number of nitrogens with zero attached hydrogens (tertiary/aromatic N) is 1. The van der Waals surface area contributed by atoms with Crippen molar-refractivity contribution in [3.05, 3.63) is 59.9 Å². The molecular weight excluding hydrogens is 357 g/mol. The molecule has 0 aromatic heterocycles. The van der Waals surface area contributed by atoms with Crippen molar-refractivity contribution in [1.29, 1.82) is 0 Å². The van der Waals surface area contributed by atoms with Gasteiger partial charge in [0.2, 0.25) is 0 Å². The van der Waals surface area contributed by atoms with Gasteiger partial charge in [-0.3, -0.25) is 4.90 Å². The van der Waals surface area contributed by atoms with E-state index in [1.807, 2.05) is 12.1 Å². The number of methoxy groups -OCH3 is 1. The number of likely N-dealkylation sites (tertiary alicyclic amines) is 1. The van der Waals surface area contributed by atoms with Gasteiger partial charge in [-0.1, -0.05) is 26.0 Å². The summed E-state index contributed by atoms with van der Waals surface area (Å²) in [5.41, 5.74) is 1.15. The highest BCUT2D eigenvalue weighted by Crippen LogP contribution is 2.38. The summed E-state index contributed by atoms with van der Waals surface area (Å²) in [7, 11) is 1.77. The second kappa shape index (κ2) is 10.4. The van der Waals surface area contributed by atoms with Crippen molar-refractivity contribution in [1.82, 2.24) is 4.90 Å². The number of ether oxygens (including phenoxy) is 1. The lowest BCUT2D eigenvalue weighted by Gasteiger charge is -2.23. The van der Waals surface area contributed by atoms with Gasteiger partial charge in [-0.05, 0) is 66.6 Å². The number of hydrogen-bond donors (Lipinski definition) is 2. The Morgan fingerprint density at radius 3 is 1.93 bits per heavy atom. The number of phenols is 2. The highest BCUT2D eigenvalue weighted by Gasteiger charge is 2.36. The van der Waals surface area contributed by atoms with Crippen LogP contribution >= 0.6 is 0 Å². The third-order valence-corrected chi connectivity index (χ3v) is 5.60. The van der Waals surface area contributed by atoms with E-state index < -0.39 is 0 Å². The van der Waals surface area contributed by atoms with Crippen molar-refractivity contribution in [3.8, 4) is 11.5 Å². The number of phenolic OH excluding ortho intramolecular Hbond substituents is 2. The third kappa shape index (κ3) is 5.94. The molecule has 2 aliphatic rings. The van der Waals surface area contributed by atoms with E-state index in [4.69, 9.17) is 9.84 Å². The molecule has 1 heterocycles. The number of fused-ring (bicyclic) bond motifs is 1. The zero-order valence-electron chi connectivity index (χ0n) is 15.7. The van der Waals surface area contributed by atoms with Gasteiger partial charge in [-0.2, -0.15) is 0 Å². The first kappa shape index (κ1) is 22.2. The van der Waals surface area contributed by atoms with Crippen LogP contribution in [0, 0.1) is 17.7 Å². The molecule has 0 radical (unpaired) electrons. The number of aromatic hydroxyl groups is 2. The fraction of sp³-hybridized carbons (Fsp3) is 0.478. The van der Waals surface area contributed by atoms with Gasteiger partial charge in [0.05, 0.1) is 6.10 Å². The number of benzene rings is 2. The predicted molar refractivity (Wildman–Crippen MR) is 110 cm³/mol. The molecule has 2 N–H and O–H groups in total. The fourth-order valence-corrected chi connectivity index (χ4v) is 4.16. The van der Waals surface area contributed by atoms with Crippen molar-refractivity contribution in [2.24, 2.45) is 11.8 Å². The first-order valence-corrected chi connectivity index (χ1v) is 9.53. The Kier molecular flexibility index (Phi) is 8.27. The Balaban J connectivity index is 0.000000264. The molecule has 4 rings (SSSR count). The maximum Gasteiger partial charge on any atom is 0.123 e. The Bertz CT molecular complexity index is 672. The van der Waals surface area contributed by atoms with E-state index in [1.54, 1.807) is 19.2 Å². The monoisotopic (exact) mass is 389 g/mol. The fourth-order valence-electron chi connectivity index (χ4n) is 4.16. The molecule has 4 nitrogen and oxygen atoms in total. The van der Waals surface area contributed by atoms with Crippen LogP contribution in [-0.4, -0.2) is 41.9 Å².